The second-order valence-electron chi connectivity index (χ2n) is 4.90. The molecular weight excluding hydrogens is 288 g/mol. The molecule has 3 rings (SSSR count). The zero-order valence-corrected chi connectivity index (χ0v) is 12.4. The third-order valence-electron chi connectivity index (χ3n) is 3.10. The van der Waals surface area contributed by atoms with Gasteiger partial charge in [0.2, 0.25) is 10.0 Å². The number of nitrogens with one attached hydrogen (secondary N) is 2. The van der Waals surface area contributed by atoms with E-state index in [1.54, 1.807) is 24.4 Å². The lowest BCUT2D eigenvalue weighted by Gasteiger charge is -2.08. The zero-order valence-electron chi connectivity index (χ0n) is 11.6. The van der Waals surface area contributed by atoms with Crippen LogP contribution in [0.1, 0.15) is 5.56 Å². The Labute approximate surface area is 122 Å². The summed E-state index contributed by atoms with van der Waals surface area (Å²) in [4.78, 5) is 4.57. The van der Waals surface area contributed by atoms with Crippen molar-refractivity contribution in [1.29, 1.82) is 0 Å². The molecule has 2 N–H and O–H groups in total. The van der Waals surface area contributed by atoms with Crippen molar-refractivity contribution in [3.05, 3.63) is 42.1 Å². The van der Waals surface area contributed by atoms with Crippen LogP contribution >= 0.6 is 0 Å². The molecule has 6 nitrogen and oxygen atoms in total. The van der Waals surface area contributed by atoms with E-state index in [1.807, 2.05) is 19.1 Å². The van der Waals surface area contributed by atoms with Crippen LogP contribution in [0.5, 0.6) is 0 Å². The second-order valence-corrected chi connectivity index (χ2v) is 6.65. The van der Waals surface area contributed by atoms with Crippen molar-refractivity contribution >= 4 is 26.6 Å². The van der Waals surface area contributed by atoms with Gasteiger partial charge in [0.1, 0.15) is 0 Å². The van der Waals surface area contributed by atoms with Crippen LogP contribution in [0, 0.1) is 6.92 Å². The maximum Gasteiger partial charge on any atom is 0.229 e. The number of hydrogen-bond donors (Lipinski definition) is 2. The van der Waals surface area contributed by atoms with Gasteiger partial charge in [-0.05, 0) is 42.8 Å². The molecule has 21 heavy (non-hydrogen) atoms. The summed E-state index contributed by atoms with van der Waals surface area (Å²) in [6, 6.07) is 9.09. The fourth-order valence-corrected chi connectivity index (χ4v) is 2.76. The molecule has 2 heterocycles. The van der Waals surface area contributed by atoms with Crippen molar-refractivity contribution in [3.63, 3.8) is 0 Å². The summed E-state index contributed by atoms with van der Waals surface area (Å²) < 4.78 is 25.1. The van der Waals surface area contributed by atoms with E-state index >= 15 is 0 Å². The van der Waals surface area contributed by atoms with E-state index in [0.717, 1.165) is 34.1 Å². The average Bonchev–Trinajstić information content (AvgIpc) is 2.91. The Morgan fingerprint density at radius 1 is 1.19 bits per heavy atom. The van der Waals surface area contributed by atoms with Crippen LogP contribution in [0.2, 0.25) is 0 Å². The third-order valence-corrected chi connectivity index (χ3v) is 3.70. The van der Waals surface area contributed by atoms with Gasteiger partial charge in [0.15, 0.2) is 0 Å². The first-order valence-corrected chi connectivity index (χ1v) is 8.20. The molecule has 1 aromatic carbocycles. The highest BCUT2D eigenvalue weighted by molar-refractivity contribution is 7.92. The number of hydrogen-bond acceptors (Lipinski definition) is 4. The summed E-state index contributed by atoms with van der Waals surface area (Å²) >= 11 is 0. The van der Waals surface area contributed by atoms with Gasteiger partial charge < -0.3 is 0 Å². The SMILES string of the molecule is Cc1cc(-c2ccn[nH]2)nc2ccc(NS(C)(=O)=O)cc12. The van der Waals surface area contributed by atoms with Crippen LogP contribution in [-0.4, -0.2) is 29.9 Å². The largest absolute Gasteiger partial charge is 0.284 e. The van der Waals surface area contributed by atoms with Crippen molar-refractivity contribution < 1.29 is 8.42 Å². The number of nitrogens with zero attached hydrogens (tertiary/aromatic N) is 2. The molecular formula is C14H14N4O2S. The van der Waals surface area contributed by atoms with Gasteiger partial charge in [0.05, 0.1) is 23.2 Å². The molecule has 3 aromatic rings. The summed E-state index contributed by atoms with van der Waals surface area (Å²) in [5, 5.41) is 7.71. The number of fused-ring (bicyclic) bond motifs is 1. The summed E-state index contributed by atoms with van der Waals surface area (Å²) in [5.41, 5.74) is 4.00. The number of benzene rings is 1. The van der Waals surface area contributed by atoms with Gasteiger partial charge in [-0.3, -0.25) is 9.82 Å². The second kappa shape index (κ2) is 4.85. The van der Waals surface area contributed by atoms with Gasteiger partial charge in [-0.25, -0.2) is 13.4 Å². The van der Waals surface area contributed by atoms with Crippen LogP contribution < -0.4 is 4.72 Å². The third kappa shape index (κ3) is 2.87. The predicted octanol–water partition coefficient (Wildman–Crippen LogP) is 2.30. The van der Waals surface area contributed by atoms with Gasteiger partial charge in [-0.1, -0.05) is 0 Å². The van der Waals surface area contributed by atoms with Gasteiger partial charge >= 0.3 is 0 Å². The number of aromatic amines is 1. The van der Waals surface area contributed by atoms with E-state index in [9.17, 15) is 8.42 Å². The van der Waals surface area contributed by atoms with E-state index in [2.05, 4.69) is 19.9 Å². The monoisotopic (exact) mass is 302 g/mol. The summed E-state index contributed by atoms with van der Waals surface area (Å²) in [7, 11) is -3.29. The molecule has 0 amide bonds. The molecule has 2 aromatic heterocycles. The Balaban J connectivity index is 2.12. The zero-order chi connectivity index (χ0) is 15.0. The van der Waals surface area contributed by atoms with E-state index in [-0.39, 0.29) is 0 Å². The fourth-order valence-electron chi connectivity index (χ4n) is 2.21. The standard InChI is InChI=1S/C14H14N4O2S/c1-9-7-14(13-5-6-15-17-13)16-12-4-3-10(8-11(9)12)18-21(2,19)20/h3-8,18H,1-2H3,(H,15,17). The Morgan fingerprint density at radius 2 is 2.00 bits per heavy atom. The predicted molar refractivity (Wildman–Crippen MR) is 82.5 cm³/mol. The summed E-state index contributed by atoms with van der Waals surface area (Å²) in [5.74, 6) is 0. The number of aryl methyl sites for hydroxylation is 1. The number of H-pyrrole nitrogens is 1. The molecule has 0 aliphatic carbocycles. The highest BCUT2D eigenvalue weighted by Gasteiger charge is 2.08. The molecule has 0 fully saturated rings. The first-order valence-electron chi connectivity index (χ1n) is 6.31. The van der Waals surface area contributed by atoms with Crippen molar-refractivity contribution in [2.45, 2.75) is 6.92 Å². The summed E-state index contributed by atoms with van der Waals surface area (Å²) in [6.07, 6.45) is 2.80. The van der Waals surface area contributed by atoms with Gasteiger partial charge in [-0.2, -0.15) is 5.10 Å². The lowest BCUT2D eigenvalue weighted by Crippen LogP contribution is -2.09. The van der Waals surface area contributed by atoms with Crippen LogP contribution in [0.25, 0.3) is 22.3 Å². The molecule has 0 radical (unpaired) electrons. The number of anilines is 1. The molecule has 7 heteroatoms. The van der Waals surface area contributed by atoms with Crippen molar-refractivity contribution in [3.8, 4) is 11.4 Å². The quantitative estimate of drug-likeness (QED) is 0.777. The highest BCUT2D eigenvalue weighted by atomic mass is 32.2. The van der Waals surface area contributed by atoms with Gasteiger partial charge in [0, 0.05) is 17.3 Å². The fraction of sp³-hybridized carbons (Fsp3) is 0.143. The normalized spacial score (nSPS) is 11.7. The van der Waals surface area contributed by atoms with Crippen molar-refractivity contribution in [2.24, 2.45) is 0 Å². The lowest BCUT2D eigenvalue weighted by atomic mass is 10.1. The molecule has 0 saturated heterocycles. The molecule has 0 atom stereocenters. The number of rotatable bonds is 3. The molecule has 0 saturated carbocycles. The smallest absolute Gasteiger partial charge is 0.229 e. The molecule has 0 spiro atoms. The molecule has 108 valence electrons. The minimum absolute atomic E-state index is 0.532. The molecule has 0 aliphatic rings. The van der Waals surface area contributed by atoms with Crippen molar-refractivity contribution in [2.75, 3.05) is 11.0 Å². The van der Waals surface area contributed by atoms with Crippen LogP contribution in [0.4, 0.5) is 5.69 Å². The van der Waals surface area contributed by atoms with E-state index in [0.29, 0.717) is 5.69 Å². The van der Waals surface area contributed by atoms with E-state index < -0.39 is 10.0 Å². The van der Waals surface area contributed by atoms with E-state index in [4.69, 9.17) is 0 Å². The Morgan fingerprint density at radius 3 is 2.67 bits per heavy atom. The van der Waals surface area contributed by atoms with Crippen LogP contribution in [0.3, 0.4) is 0 Å². The van der Waals surface area contributed by atoms with Crippen LogP contribution in [-0.2, 0) is 10.0 Å². The number of aromatic nitrogens is 3. The van der Waals surface area contributed by atoms with Crippen molar-refractivity contribution in [1.82, 2.24) is 15.2 Å². The molecule has 0 bridgehead atoms. The average molecular weight is 302 g/mol. The van der Waals surface area contributed by atoms with Crippen LogP contribution in [0.15, 0.2) is 36.5 Å². The topological polar surface area (TPSA) is 87.7 Å². The maximum atomic E-state index is 11.3. The number of pyridine rings is 1. The first-order chi connectivity index (χ1) is 9.92. The Kier molecular flexibility index (Phi) is 3.13. The molecule has 0 aliphatic heterocycles. The first kappa shape index (κ1) is 13.6. The Hall–Kier alpha value is -2.41. The lowest BCUT2D eigenvalue weighted by molar-refractivity contribution is 0.607. The minimum Gasteiger partial charge on any atom is -0.284 e. The van der Waals surface area contributed by atoms with E-state index in [1.165, 1.54) is 0 Å². The maximum absolute atomic E-state index is 11.3. The summed E-state index contributed by atoms with van der Waals surface area (Å²) in [6.45, 7) is 1.97. The van der Waals surface area contributed by atoms with Gasteiger partial charge in [0.25, 0.3) is 0 Å². The Bertz CT molecular complexity index is 902. The molecule has 0 unspecified atom stereocenters. The van der Waals surface area contributed by atoms with Gasteiger partial charge in [-0.15, -0.1) is 0 Å². The minimum atomic E-state index is -3.29. The number of sulfonamides is 1. The highest BCUT2D eigenvalue weighted by Crippen LogP contribution is 2.25.